The summed E-state index contributed by atoms with van der Waals surface area (Å²) in [5.74, 6) is 0.471. The Morgan fingerprint density at radius 3 is 2.75 bits per heavy atom. The molecular weight excluding hydrogens is 226 g/mol. The van der Waals surface area contributed by atoms with Gasteiger partial charge in [0, 0.05) is 12.5 Å². The molecule has 0 aromatic heterocycles. The van der Waals surface area contributed by atoms with Crippen molar-refractivity contribution >= 4 is 14.4 Å². The van der Waals surface area contributed by atoms with Crippen LogP contribution < -0.4 is 0 Å². The number of amides is 1. The first-order valence-corrected chi connectivity index (χ1v) is 9.11. The van der Waals surface area contributed by atoms with Gasteiger partial charge in [-0.05, 0) is 26.1 Å². The average molecular weight is 245 g/mol. The molecule has 2 bridgehead atoms. The van der Waals surface area contributed by atoms with E-state index in [-0.39, 0.29) is 12.2 Å². The van der Waals surface area contributed by atoms with Crippen LogP contribution in [0.5, 0.6) is 0 Å². The molecule has 0 aliphatic carbocycles. The normalized spacial score (nSPS) is 29.3. The maximum absolute atomic E-state index is 11.7. The smallest absolute Gasteiger partial charge is 0.376 e. The van der Waals surface area contributed by atoms with Gasteiger partial charge < -0.3 is 9.64 Å². The van der Waals surface area contributed by atoms with Crippen molar-refractivity contribution < 1.29 is 19.0 Å². The Morgan fingerprint density at radius 2 is 2.12 bits per heavy atom. The van der Waals surface area contributed by atoms with Gasteiger partial charge in [0.1, 0.15) is 0 Å². The van der Waals surface area contributed by atoms with Crippen LogP contribution in [0.25, 0.3) is 0 Å². The van der Waals surface area contributed by atoms with Crippen LogP contribution in [0.3, 0.4) is 0 Å². The summed E-state index contributed by atoms with van der Waals surface area (Å²) < 4.78 is 10.7. The van der Waals surface area contributed by atoms with Crippen molar-refractivity contribution in [2.45, 2.75) is 32.2 Å². The quantitative estimate of drug-likeness (QED) is 0.421. The second-order valence-electron chi connectivity index (χ2n) is 5.51. The lowest BCUT2D eigenvalue weighted by atomic mass is 10.0. The third kappa shape index (κ3) is 2.96. The molecule has 5 nitrogen and oxygen atoms in total. The van der Waals surface area contributed by atoms with Crippen LogP contribution in [0.2, 0.25) is 19.6 Å². The van der Waals surface area contributed by atoms with E-state index in [0.717, 1.165) is 19.6 Å². The zero-order chi connectivity index (χ0) is 11.8. The first-order chi connectivity index (χ1) is 7.44. The largest absolute Gasteiger partial charge is 0.440 e. The molecule has 16 heavy (non-hydrogen) atoms. The topological polar surface area (TPSA) is 48.0 Å². The minimum atomic E-state index is -1.80. The van der Waals surface area contributed by atoms with E-state index < -0.39 is 8.32 Å². The summed E-state index contributed by atoms with van der Waals surface area (Å²) >= 11 is 0. The van der Waals surface area contributed by atoms with Gasteiger partial charge in [-0.25, -0.2) is 9.37 Å². The molecule has 2 fully saturated rings. The van der Waals surface area contributed by atoms with E-state index in [9.17, 15) is 4.79 Å². The molecular formula is C10H19NO4Si. The Morgan fingerprint density at radius 1 is 1.38 bits per heavy atom. The van der Waals surface area contributed by atoms with Crippen molar-refractivity contribution in [2.24, 2.45) is 5.92 Å². The molecule has 6 heteroatoms. The number of likely N-dealkylation sites (tertiary alicyclic amines) is 1. The fourth-order valence-electron chi connectivity index (χ4n) is 2.03. The van der Waals surface area contributed by atoms with Crippen LogP contribution in [-0.2, 0) is 14.2 Å². The van der Waals surface area contributed by atoms with E-state index >= 15 is 0 Å². The van der Waals surface area contributed by atoms with Gasteiger partial charge in [0.05, 0.1) is 19.3 Å². The molecule has 92 valence electrons. The van der Waals surface area contributed by atoms with Crippen LogP contribution in [0.4, 0.5) is 4.79 Å². The van der Waals surface area contributed by atoms with Gasteiger partial charge in [-0.1, -0.05) is 0 Å². The van der Waals surface area contributed by atoms with Crippen molar-refractivity contribution in [3.63, 3.8) is 0 Å². The maximum Gasteiger partial charge on any atom is 0.440 e. The number of hydrogen-bond acceptors (Lipinski definition) is 4. The average Bonchev–Trinajstić information content (AvgIpc) is 2.53. The first-order valence-electron chi connectivity index (χ1n) is 5.70. The van der Waals surface area contributed by atoms with Crippen molar-refractivity contribution in [3.05, 3.63) is 0 Å². The van der Waals surface area contributed by atoms with E-state index in [1.54, 1.807) is 4.90 Å². The van der Waals surface area contributed by atoms with E-state index in [4.69, 9.17) is 14.2 Å². The Kier molecular flexibility index (Phi) is 3.23. The van der Waals surface area contributed by atoms with Gasteiger partial charge in [0.2, 0.25) is 8.32 Å². The lowest BCUT2D eigenvalue weighted by molar-refractivity contribution is -0.166. The number of nitrogens with zero attached hydrogens (tertiary/aromatic N) is 1. The van der Waals surface area contributed by atoms with E-state index in [0.29, 0.717) is 12.5 Å². The molecule has 2 aliphatic rings. The van der Waals surface area contributed by atoms with E-state index in [1.165, 1.54) is 0 Å². The van der Waals surface area contributed by atoms with Gasteiger partial charge >= 0.3 is 6.09 Å². The number of piperidine rings is 1. The second kappa shape index (κ2) is 4.35. The maximum atomic E-state index is 11.7. The molecule has 2 aliphatic heterocycles. The number of hydrogen-bond donors (Lipinski definition) is 0. The molecule has 0 radical (unpaired) electrons. The van der Waals surface area contributed by atoms with Crippen LogP contribution in [0, 0.1) is 5.92 Å². The molecule has 0 aromatic rings. The molecule has 0 spiro atoms. The van der Waals surface area contributed by atoms with Crippen molar-refractivity contribution in [3.8, 4) is 0 Å². The summed E-state index contributed by atoms with van der Waals surface area (Å²) in [5, 5.41) is 0. The van der Waals surface area contributed by atoms with Crippen molar-refractivity contribution in [1.29, 1.82) is 0 Å². The predicted octanol–water partition coefficient (Wildman–Crippen LogP) is 1.61. The standard InChI is InChI=1S/C10H19NO4Si/c1-16(2,3)15-14-10(12)11-5-8-4-9(6-11)13-7-8/h8-9H,4-7H2,1-3H3. The molecule has 2 rings (SSSR count). The fourth-order valence-corrected chi connectivity index (χ4v) is 2.35. The van der Waals surface area contributed by atoms with Crippen molar-refractivity contribution in [1.82, 2.24) is 4.90 Å². The Balaban J connectivity index is 1.81. The van der Waals surface area contributed by atoms with Crippen LogP contribution in [-0.4, -0.2) is 45.1 Å². The molecule has 1 amide bonds. The highest BCUT2D eigenvalue weighted by Gasteiger charge is 2.37. The first kappa shape index (κ1) is 11.9. The third-order valence-corrected chi connectivity index (χ3v) is 3.27. The molecule has 2 unspecified atom stereocenters. The molecule has 0 saturated carbocycles. The summed E-state index contributed by atoms with van der Waals surface area (Å²) in [4.78, 5) is 18.3. The third-order valence-electron chi connectivity index (χ3n) is 2.69. The summed E-state index contributed by atoms with van der Waals surface area (Å²) in [7, 11) is -1.80. The number of ether oxygens (including phenoxy) is 1. The Labute approximate surface area is 96.7 Å². The number of fused-ring (bicyclic) bond motifs is 2. The second-order valence-corrected chi connectivity index (χ2v) is 9.90. The summed E-state index contributed by atoms with van der Waals surface area (Å²) in [5.41, 5.74) is 0. The van der Waals surface area contributed by atoms with Gasteiger partial charge in [0.25, 0.3) is 0 Å². The highest BCUT2D eigenvalue weighted by atomic mass is 28.4. The molecule has 0 aromatic carbocycles. The molecule has 2 saturated heterocycles. The summed E-state index contributed by atoms with van der Waals surface area (Å²) in [6.45, 7) is 8.05. The van der Waals surface area contributed by atoms with Gasteiger partial charge in [-0.3, -0.25) is 4.89 Å². The van der Waals surface area contributed by atoms with Crippen LogP contribution in [0.1, 0.15) is 6.42 Å². The fraction of sp³-hybridized carbons (Fsp3) is 0.900. The van der Waals surface area contributed by atoms with Gasteiger partial charge in [-0.15, -0.1) is 0 Å². The highest BCUT2D eigenvalue weighted by Crippen LogP contribution is 2.27. The number of rotatable bonds is 2. The zero-order valence-corrected chi connectivity index (χ0v) is 11.1. The summed E-state index contributed by atoms with van der Waals surface area (Å²) in [6.07, 6.45) is 0.888. The monoisotopic (exact) mass is 245 g/mol. The lowest BCUT2D eigenvalue weighted by Gasteiger charge is -2.29. The lowest BCUT2D eigenvalue weighted by Crippen LogP contribution is -2.44. The van der Waals surface area contributed by atoms with Crippen molar-refractivity contribution in [2.75, 3.05) is 19.7 Å². The van der Waals surface area contributed by atoms with Crippen LogP contribution >= 0.6 is 0 Å². The van der Waals surface area contributed by atoms with Gasteiger partial charge in [0.15, 0.2) is 0 Å². The number of carbonyl (C=O) groups excluding carboxylic acids is 1. The molecule has 0 N–H and O–H groups in total. The minimum Gasteiger partial charge on any atom is -0.376 e. The molecule has 2 heterocycles. The van der Waals surface area contributed by atoms with Gasteiger partial charge in [-0.2, -0.15) is 0 Å². The Hall–Kier alpha value is -0.593. The Bertz CT molecular complexity index is 266. The highest BCUT2D eigenvalue weighted by molar-refractivity contribution is 6.69. The zero-order valence-electron chi connectivity index (χ0n) is 10.1. The predicted molar refractivity (Wildman–Crippen MR) is 60.3 cm³/mol. The summed E-state index contributed by atoms with van der Waals surface area (Å²) in [6, 6.07) is 0. The minimum absolute atomic E-state index is 0.193. The number of carbonyl (C=O) groups is 1. The molecule has 2 atom stereocenters. The van der Waals surface area contributed by atoms with E-state index in [1.807, 2.05) is 19.6 Å². The van der Waals surface area contributed by atoms with Crippen LogP contribution in [0.15, 0.2) is 0 Å². The van der Waals surface area contributed by atoms with E-state index in [2.05, 4.69) is 0 Å². The SMILES string of the molecule is C[Si](C)(C)OOC(=O)N1CC2COC(C2)C1.